The minimum Gasteiger partial charge on any atom is -0.490 e. The zero-order valence-corrected chi connectivity index (χ0v) is 15.4. The first-order valence-corrected chi connectivity index (χ1v) is 9.06. The number of esters is 1. The van der Waals surface area contributed by atoms with Gasteiger partial charge >= 0.3 is 5.97 Å². The minimum atomic E-state index is -0.763. The number of carbonyl (C=O) groups excluding carboxylic acids is 2. The highest BCUT2D eigenvalue weighted by Crippen LogP contribution is 2.30. The maximum atomic E-state index is 13.0. The van der Waals surface area contributed by atoms with Crippen LogP contribution in [0, 0.1) is 5.82 Å². The summed E-state index contributed by atoms with van der Waals surface area (Å²) in [5.41, 5.74) is 0.974. The van der Waals surface area contributed by atoms with Crippen molar-refractivity contribution in [3.8, 4) is 22.8 Å². The molecule has 0 amide bonds. The molecule has 2 heterocycles. The third-order valence-electron chi connectivity index (χ3n) is 4.34. The standard InChI is InChI=1S/C22H17FO6/c23-16-5-2-14(3-6-16)18-8-9-20(29-18)22(25)28-13-17(24)15-4-7-19-21(12-15)27-11-1-10-26-19/h2-9,12H,1,10-11,13H2. The summed E-state index contributed by atoms with van der Waals surface area (Å²) in [4.78, 5) is 24.6. The summed E-state index contributed by atoms with van der Waals surface area (Å²) in [6.45, 7) is 0.626. The number of hydrogen-bond donors (Lipinski definition) is 0. The number of benzene rings is 2. The van der Waals surface area contributed by atoms with Gasteiger partial charge in [-0.05, 0) is 54.6 Å². The molecule has 0 unspecified atom stereocenters. The lowest BCUT2D eigenvalue weighted by atomic mass is 10.1. The molecule has 2 aromatic carbocycles. The first kappa shape index (κ1) is 18.7. The van der Waals surface area contributed by atoms with E-state index in [1.54, 1.807) is 24.3 Å². The van der Waals surface area contributed by atoms with Crippen LogP contribution in [0.5, 0.6) is 11.5 Å². The number of halogens is 1. The normalized spacial score (nSPS) is 12.9. The molecule has 1 aliphatic rings. The molecule has 0 saturated heterocycles. The molecule has 0 aliphatic carbocycles. The van der Waals surface area contributed by atoms with Crippen LogP contribution in [0.15, 0.2) is 59.0 Å². The van der Waals surface area contributed by atoms with Crippen LogP contribution in [0.2, 0.25) is 0 Å². The molecule has 0 spiro atoms. The van der Waals surface area contributed by atoms with Gasteiger partial charge in [-0.1, -0.05) is 0 Å². The van der Waals surface area contributed by atoms with Crippen LogP contribution in [0.4, 0.5) is 4.39 Å². The first-order valence-electron chi connectivity index (χ1n) is 9.06. The second kappa shape index (κ2) is 8.18. The molecule has 1 aliphatic heterocycles. The smallest absolute Gasteiger partial charge is 0.374 e. The third-order valence-corrected chi connectivity index (χ3v) is 4.34. The summed E-state index contributed by atoms with van der Waals surface area (Å²) in [5.74, 6) is -0.0786. The highest BCUT2D eigenvalue weighted by Gasteiger charge is 2.18. The predicted molar refractivity (Wildman–Crippen MR) is 101 cm³/mol. The molecule has 0 bridgehead atoms. The lowest BCUT2D eigenvalue weighted by Gasteiger charge is -2.09. The van der Waals surface area contributed by atoms with Gasteiger partial charge in [0.05, 0.1) is 13.2 Å². The summed E-state index contributed by atoms with van der Waals surface area (Å²) >= 11 is 0. The molecule has 1 aromatic heterocycles. The number of ether oxygens (including phenoxy) is 3. The average molecular weight is 396 g/mol. The van der Waals surface area contributed by atoms with Crippen LogP contribution < -0.4 is 9.47 Å². The van der Waals surface area contributed by atoms with Gasteiger partial charge in [0.1, 0.15) is 11.6 Å². The van der Waals surface area contributed by atoms with E-state index >= 15 is 0 Å². The van der Waals surface area contributed by atoms with E-state index in [1.807, 2.05) is 0 Å². The SMILES string of the molecule is O=C(COC(=O)c1ccc(-c2ccc(F)cc2)o1)c1ccc2c(c1)OCCCO2. The van der Waals surface area contributed by atoms with Crippen LogP contribution in [-0.4, -0.2) is 31.6 Å². The molecule has 3 aromatic rings. The van der Waals surface area contributed by atoms with Crippen molar-refractivity contribution in [1.82, 2.24) is 0 Å². The van der Waals surface area contributed by atoms with Crippen molar-refractivity contribution in [2.45, 2.75) is 6.42 Å². The van der Waals surface area contributed by atoms with Crippen molar-refractivity contribution < 1.29 is 32.6 Å². The van der Waals surface area contributed by atoms with Gasteiger partial charge in [-0.3, -0.25) is 4.79 Å². The lowest BCUT2D eigenvalue weighted by Crippen LogP contribution is -2.14. The molecule has 0 fully saturated rings. The molecule has 29 heavy (non-hydrogen) atoms. The second-order valence-electron chi connectivity index (χ2n) is 6.38. The zero-order chi connectivity index (χ0) is 20.2. The molecule has 148 valence electrons. The molecule has 7 heteroatoms. The highest BCUT2D eigenvalue weighted by atomic mass is 19.1. The maximum Gasteiger partial charge on any atom is 0.374 e. The van der Waals surface area contributed by atoms with E-state index in [0.29, 0.717) is 41.6 Å². The molecule has 4 rings (SSSR count). The first-order chi connectivity index (χ1) is 14.1. The van der Waals surface area contributed by atoms with Crippen molar-refractivity contribution in [3.05, 3.63) is 71.7 Å². The fourth-order valence-corrected chi connectivity index (χ4v) is 2.84. The summed E-state index contributed by atoms with van der Waals surface area (Å²) in [7, 11) is 0. The van der Waals surface area contributed by atoms with Crippen molar-refractivity contribution >= 4 is 11.8 Å². The maximum absolute atomic E-state index is 13.0. The van der Waals surface area contributed by atoms with Crippen LogP contribution in [0.3, 0.4) is 0 Å². The summed E-state index contributed by atoms with van der Waals surface area (Å²) in [6, 6.07) is 13.5. The van der Waals surface area contributed by atoms with Crippen molar-refractivity contribution in [1.29, 1.82) is 0 Å². The van der Waals surface area contributed by atoms with Gasteiger partial charge in [0.15, 0.2) is 23.9 Å². The van der Waals surface area contributed by atoms with E-state index in [-0.39, 0.29) is 17.4 Å². The number of fused-ring (bicyclic) bond motifs is 1. The van der Waals surface area contributed by atoms with E-state index in [2.05, 4.69) is 0 Å². The second-order valence-corrected chi connectivity index (χ2v) is 6.38. The van der Waals surface area contributed by atoms with Crippen LogP contribution >= 0.6 is 0 Å². The van der Waals surface area contributed by atoms with Crippen molar-refractivity contribution in [2.75, 3.05) is 19.8 Å². The Morgan fingerprint density at radius 1 is 0.931 bits per heavy atom. The quantitative estimate of drug-likeness (QED) is 0.473. The zero-order valence-electron chi connectivity index (χ0n) is 15.4. The fraction of sp³-hybridized carbons (Fsp3) is 0.182. The van der Waals surface area contributed by atoms with Gasteiger partial charge in [0.2, 0.25) is 5.76 Å². The monoisotopic (exact) mass is 396 g/mol. The van der Waals surface area contributed by atoms with Crippen LogP contribution in [0.25, 0.3) is 11.3 Å². The summed E-state index contributed by atoms with van der Waals surface area (Å²) in [6.07, 6.45) is 0.763. The molecule has 0 radical (unpaired) electrons. The van der Waals surface area contributed by atoms with Crippen molar-refractivity contribution in [3.63, 3.8) is 0 Å². The Bertz CT molecular complexity index is 1040. The van der Waals surface area contributed by atoms with E-state index < -0.39 is 12.6 Å². The van der Waals surface area contributed by atoms with E-state index in [9.17, 15) is 14.0 Å². The molecule has 0 N–H and O–H groups in total. The molecule has 0 atom stereocenters. The summed E-state index contributed by atoms with van der Waals surface area (Å²) < 4.78 is 34.6. The number of Topliss-reactive ketones (excluding diaryl/α,β-unsaturated/α-hetero) is 1. The Labute approximate surface area is 165 Å². The number of hydrogen-bond acceptors (Lipinski definition) is 6. The molecule has 0 saturated carbocycles. The van der Waals surface area contributed by atoms with Gasteiger partial charge in [-0.25, -0.2) is 9.18 Å². The largest absolute Gasteiger partial charge is 0.490 e. The Morgan fingerprint density at radius 3 is 2.48 bits per heavy atom. The van der Waals surface area contributed by atoms with Gasteiger partial charge in [0.25, 0.3) is 0 Å². The van der Waals surface area contributed by atoms with E-state index in [4.69, 9.17) is 18.6 Å². The third kappa shape index (κ3) is 4.29. The summed E-state index contributed by atoms with van der Waals surface area (Å²) in [5, 5.41) is 0. The van der Waals surface area contributed by atoms with Gasteiger partial charge in [-0.2, -0.15) is 0 Å². The topological polar surface area (TPSA) is 75.0 Å². The molecule has 6 nitrogen and oxygen atoms in total. The predicted octanol–water partition coefficient (Wildman–Crippen LogP) is 4.29. The molecular formula is C22H17FO6. The van der Waals surface area contributed by atoms with Crippen LogP contribution in [-0.2, 0) is 4.74 Å². The van der Waals surface area contributed by atoms with Crippen molar-refractivity contribution in [2.24, 2.45) is 0 Å². The van der Waals surface area contributed by atoms with Gasteiger partial charge in [0, 0.05) is 17.5 Å². The fourth-order valence-electron chi connectivity index (χ4n) is 2.84. The average Bonchev–Trinajstić information content (AvgIpc) is 3.11. The number of ketones is 1. The number of carbonyl (C=O) groups is 2. The van der Waals surface area contributed by atoms with Gasteiger partial charge < -0.3 is 18.6 Å². The molecular weight excluding hydrogens is 379 g/mol. The Balaban J connectivity index is 1.39. The lowest BCUT2D eigenvalue weighted by molar-refractivity contribution is 0.0445. The Kier molecular flexibility index (Phi) is 5.29. The van der Waals surface area contributed by atoms with E-state index in [0.717, 1.165) is 6.42 Å². The van der Waals surface area contributed by atoms with Crippen LogP contribution in [0.1, 0.15) is 27.3 Å². The number of rotatable bonds is 5. The van der Waals surface area contributed by atoms with E-state index in [1.165, 1.54) is 30.3 Å². The highest BCUT2D eigenvalue weighted by molar-refractivity contribution is 5.99. The Morgan fingerprint density at radius 2 is 1.69 bits per heavy atom. The Hall–Kier alpha value is -3.61. The number of furan rings is 1. The van der Waals surface area contributed by atoms with Gasteiger partial charge in [-0.15, -0.1) is 0 Å². The minimum absolute atomic E-state index is 0.0456.